The van der Waals surface area contributed by atoms with Crippen LogP contribution in [0.5, 0.6) is 5.75 Å². The van der Waals surface area contributed by atoms with Gasteiger partial charge in [-0.15, -0.1) is 10.2 Å². The Morgan fingerprint density at radius 2 is 1.82 bits per heavy atom. The topological polar surface area (TPSA) is 78.4 Å². The number of benzene rings is 2. The molecule has 28 heavy (non-hydrogen) atoms. The van der Waals surface area contributed by atoms with Gasteiger partial charge in [0, 0.05) is 24.6 Å². The Labute approximate surface area is 171 Å². The van der Waals surface area contributed by atoms with Gasteiger partial charge in [0.2, 0.25) is 11.0 Å². The van der Waals surface area contributed by atoms with Crippen molar-refractivity contribution in [3.05, 3.63) is 53.6 Å². The lowest BCUT2D eigenvalue weighted by Crippen LogP contribution is -2.38. The summed E-state index contributed by atoms with van der Waals surface area (Å²) in [6.07, 6.45) is 1.45. The maximum Gasteiger partial charge on any atom is 0.227 e. The number of carbonyl (C=O) groups excluding carboxylic acids is 1. The SMILES string of the molecule is O=C(Nc1ccccc1O)C1CCN(c2nnc(-c3ccccc3Cl)s2)CC1. The van der Waals surface area contributed by atoms with E-state index in [1.807, 2.05) is 24.3 Å². The third kappa shape index (κ3) is 3.95. The van der Waals surface area contributed by atoms with Crippen LogP contribution in [0.3, 0.4) is 0 Å². The minimum Gasteiger partial charge on any atom is -0.506 e. The van der Waals surface area contributed by atoms with Crippen molar-refractivity contribution >= 4 is 39.7 Å². The van der Waals surface area contributed by atoms with Crippen LogP contribution >= 0.6 is 22.9 Å². The lowest BCUT2D eigenvalue weighted by molar-refractivity contribution is -0.120. The molecule has 2 heterocycles. The first-order chi connectivity index (χ1) is 13.6. The van der Waals surface area contributed by atoms with Crippen molar-refractivity contribution < 1.29 is 9.90 Å². The quantitative estimate of drug-likeness (QED) is 0.618. The van der Waals surface area contributed by atoms with Crippen LogP contribution in [0.2, 0.25) is 5.02 Å². The van der Waals surface area contributed by atoms with Crippen molar-refractivity contribution in [2.75, 3.05) is 23.3 Å². The number of nitrogens with one attached hydrogen (secondary N) is 1. The second-order valence-electron chi connectivity index (χ2n) is 6.64. The van der Waals surface area contributed by atoms with E-state index in [1.54, 1.807) is 24.3 Å². The normalized spacial score (nSPS) is 14.8. The Balaban J connectivity index is 1.37. The van der Waals surface area contributed by atoms with Gasteiger partial charge in [0.15, 0.2) is 5.01 Å². The maximum absolute atomic E-state index is 12.5. The van der Waals surface area contributed by atoms with Gasteiger partial charge in [-0.05, 0) is 31.0 Å². The first-order valence-corrected chi connectivity index (χ1v) is 10.2. The minimum absolute atomic E-state index is 0.0600. The molecule has 144 valence electrons. The molecule has 8 heteroatoms. The van der Waals surface area contributed by atoms with Gasteiger partial charge >= 0.3 is 0 Å². The molecule has 1 aliphatic heterocycles. The number of aromatic hydroxyl groups is 1. The molecular weight excluding hydrogens is 396 g/mol. The summed E-state index contributed by atoms with van der Waals surface area (Å²) in [6.45, 7) is 1.46. The molecule has 2 aromatic carbocycles. The van der Waals surface area contributed by atoms with Crippen molar-refractivity contribution in [2.45, 2.75) is 12.8 Å². The van der Waals surface area contributed by atoms with Gasteiger partial charge in [-0.25, -0.2) is 0 Å². The number of amides is 1. The Morgan fingerprint density at radius 1 is 1.11 bits per heavy atom. The first-order valence-electron chi connectivity index (χ1n) is 9.04. The highest BCUT2D eigenvalue weighted by Crippen LogP contribution is 2.34. The number of nitrogens with zero attached hydrogens (tertiary/aromatic N) is 3. The summed E-state index contributed by atoms with van der Waals surface area (Å²) in [4.78, 5) is 14.7. The van der Waals surface area contributed by atoms with Crippen LogP contribution in [0.15, 0.2) is 48.5 Å². The van der Waals surface area contributed by atoms with Gasteiger partial charge in [0.1, 0.15) is 5.75 Å². The van der Waals surface area contributed by atoms with Gasteiger partial charge in [-0.2, -0.15) is 0 Å². The fourth-order valence-corrected chi connectivity index (χ4v) is 4.45. The van der Waals surface area contributed by atoms with Gasteiger partial charge in [0.25, 0.3) is 0 Å². The number of rotatable bonds is 4. The van der Waals surface area contributed by atoms with Crippen molar-refractivity contribution in [2.24, 2.45) is 5.92 Å². The second-order valence-corrected chi connectivity index (χ2v) is 8.00. The summed E-state index contributed by atoms with van der Waals surface area (Å²) in [7, 11) is 0. The fourth-order valence-electron chi connectivity index (χ4n) is 3.23. The van der Waals surface area contributed by atoms with Gasteiger partial charge in [-0.1, -0.05) is 53.3 Å². The predicted molar refractivity (Wildman–Crippen MR) is 112 cm³/mol. The number of piperidine rings is 1. The number of hydrogen-bond donors (Lipinski definition) is 2. The predicted octanol–water partition coefficient (Wildman–Crippen LogP) is 4.42. The van der Waals surface area contributed by atoms with E-state index in [2.05, 4.69) is 20.4 Å². The largest absolute Gasteiger partial charge is 0.506 e. The van der Waals surface area contributed by atoms with E-state index in [9.17, 15) is 9.90 Å². The standard InChI is InChI=1S/C20H19ClN4O2S/c21-15-6-2-1-5-14(15)19-23-24-20(28-19)25-11-9-13(10-12-25)18(27)22-16-7-3-4-8-17(16)26/h1-8,13,26H,9-12H2,(H,22,27). The highest BCUT2D eigenvalue weighted by Gasteiger charge is 2.27. The van der Waals surface area contributed by atoms with E-state index in [0.29, 0.717) is 10.7 Å². The summed E-state index contributed by atoms with van der Waals surface area (Å²) in [5.74, 6) is -0.0729. The Hall–Kier alpha value is -2.64. The molecule has 1 aromatic heterocycles. The van der Waals surface area contributed by atoms with Crippen LogP contribution in [-0.2, 0) is 4.79 Å². The Bertz CT molecular complexity index is 986. The summed E-state index contributed by atoms with van der Waals surface area (Å²) in [6, 6.07) is 14.3. The van der Waals surface area contributed by atoms with E-state index in [-0.39, 0.29) is 17.6 Å². The average molecular weight is 415 g/mol. The molecule has 0 aliphatic carbocycles. The van der Waals surface area contributed by atoms with Gasteiger partial charge in [0.05, 0.1) is 10.7 Å². The van der Waals surface area contributed by atoms with Crippen molar-refractivity contribution in [3.63, 3.8) is 0 Å². The van der Waals surface area contributed by atoms with Crippen molar-refractivity contribution in [1.82, 2.24) is 10.2 Å². The molecule has 2 N–H and O–H groups in total. The summed E-state index contributed by atoms with van der Waals surface area (Å²) >= 11 is 7.75. The second kappa shape index (κ2) is 8.16. The minimum atomic E-state index is -0.0909. The number of phenolic OH excluding ortho intramolecular Hbond substituents is 1. The zero-order valence-corrected chi connectivity index (χ0v) is 16.6. The number of anilines is 2. The van der Waals surface area contributed by atoms with Crippen molar-refractivity contribution in [1.29, 1.82) is 0 Å². The van der Waals surface area contributed by atoms with E-state index in [1.165, 1.54) is 11.3 Å². The van der Waals surface area contributed by atoms with Gasteiger partial charge in [-0.3, -0.25) is 4.79 Å². The molecule has 1 fully saturated rings. The number of para-hydroxylation sites is 2. The average Bonchev–Trinajstić information content (AvgIpc) is 3.20. The first kappa shape index (κ1) is 18.7. The van der Waals surface area contributed by atoms with E-state index in [4.69, 9.17) is 11.6 Å². The molecule has 1 aliphatic rings. The number of hydrogen-bond acceptors (Lipinski definition) is 6. The zero-order chi connectivity index (χ0) is 19.5. The van der Waals surface area contributed by atoms with Crippen LogP contribution in [0, 0.1) is 5.92 Å². The molecule has 4 rings (SSSR count). The summed E-state index contributed by atoms with van der Waals surface area (Å²) in [5.41, 5.74) is 1.33. The Kier molecular flexibility index (Phi) is 5.45. The number of aromatic nitrogens is 2. The third-order valence-corrected chi connectivity index (χ3v) is 6.16. The number of halogens is 1. The van der Waals surface area contributed by atoms with E-state index in [0.717, 1.165) is 41.6 Å². The van der Waals surface area contributed by atoms with Crippen LogP contribution < -0.4 is 10.2 Å². The highest BCUT2D eigenvalue weighted by molar-refractivity contribution is 7.18. The molecule has 0 radical (unpaired) electrons. The molecule has 3 aromatic rings. The van der Waals surface area contributed by atoms with E-state index >= 15 is 0 Å². The molecule has 0 saturated carbocycles. The summed E-state index contributed by atoms with van der Waals surface area (Å²) in [5, 5.41) is 23.5. The maximum atomic E-state index is 12.5. The molecular formula is C20H19ClN4O2S. The third-order valence-electron chi connectivity index (χ3n) is 4.82. The smallest absolute Gasteiger partial charge is 0.227 e. The molecule has 0 bridgehead atoms. The van der Waals surface area contributed by atoms with Crippen LogP contribution in [0.4, 0.5) is 10.8 Å². The highest BCUT2D eigenvalue weighted by atomic mass is 35.5. The van der Waals surface area contributed by atoms with Crippen LogP contribution in [0.25, 0.3) is 10.6 Å². The Morgan fingerprint density at radius 3 is 2.57 bits per heavy atom. The summed E-state index contributed by atoms with van der Waals surface area (Å²) < 4.78 is 0. The van der Waals surface area contributed by atoms with Gasteiger partial charge < -0.3 is 15.3 Å². The number of phenols is 1. The number of carbonyl (C=O) groups is 1. The molecule has 6 nitrogen and oxygen atoms in total. The molecule has 0 unspecified atom stereocenters. The molecule has 1 amide bonds. The van der Waals surface area contributed by atoms with Crippen LogP contribution in [-0.4, -0.2) is 34.3 Å². The molecule has 1 saturated heterocycles. The van der Waals surface area contributed by atoms with Crippen LogP contribution in [0.1, 0.15) is 12.8 Å². The lowest BCUT2D eigenvalue weighted by Gasteiger charge is -2.30. The van der Waals surface area contributed by atoms with E-state index < -0.39 is 0 Å². The zero-order valence-electron chi connectivity index (χ0n) is 15.0. The molecule has 0 atom stereocenters. The lowest BCUT2D eigenvalue weighted by atomic mass is 9.96. The molecule has 0 spiro atoms. The monoisotopic (exact) mass is 414 g/mol. The van der Waals surface area contributed by atoms with Crippen molar-refractivity contribution in [3.8, 4) is 16.3 Å². The fraction of sp³-hybridized carbons (Fsp3) is 0.250.